The molecule has 3 N–H and O–H groups in total. The van der Waals surface area contributed by atoms with E-state index in [-0.39, 0.29) is 5.75 Å². The van der Waals surface area contributed by atoms with Gasteiger partial charge in [0.05, 0.1) is 5.75 Å². The van der Waals surface area contributed by atoms with Gasteiger partial charge in [-0.3, -0.25) is 0 Å². The molecule has 0 bridgehead atoms. The molecule has 1 aromatic rings. The minimum atomic E-state index is -3.28. The van der Waals surface area contributed by atoms with Crippen LogP contribution in [-0.2, 0) is 15.8 Å². The fourth-order valence-corrected chi connectivity index (χ4v) is 3.03. The molecular weight excluding hydrogens is 256 g/mol. The lowest BCUT2D eigenvalue weighted by Gasteiger charge is -2.08. The van der Waals surface area contributed by atoms with E-state index < -0.39 is 10.0 Å². The number of sulfonamides is 1. The molecule has 0 radical (unpaired) electrons. The van der Waals surface area contributed by atoms with Crippen LogP contribution >= 0.6 is 11.8 Å². The summed E-state index contributed by atoms with van der Waals surface area (Å²) in [6, 6.07) is 7.02. The van der Waals surface area contributed by atoms with Gasteiger partial charge in [0.1, 0.15) is 0 Å². The Morgan fingerprint density at radius 3 is 2.71 bits per heavy atom. The van der Waals surface area contributed by atoms with Gasteiger partial charge < -0.3 is 5.73 Å². The molecule has 0 heterocycles. The summed E-state index contributed by atoms with van der Waals surface area (Å²) in [5.41, 5.74) is 6.87. The zero-order valence-electron chi connectivity index (χ0n) is 9.85. The van der Waals surface area contributed by atoms with Crippen LogP contribution in [0.15, 0.2) is 24.3 Å². The van der Waals surface area contributed by atoms with Gasteiger partial charge in [-0.15, -0.1) is 0 Å². The van der Waals surface area contributed by atoms with Gasteiger partial charge in [-0.05, 0) is 30.1 Å². The van der Waals surface area contributed by atoms with E-state index in [2.05, 4.69) is 4.72 Å². The summed E-state index contributed by atoms with van der Waals surface area (Å²) in [5.74, 6) is 0.898. The Bertz CT molecular complexity index is 447. The van der Waals surface area contributed by atoms with Crippen LogP contribution in [0.5, 0.6) is 0 Å². The standard InChI is InChI=1S/C11H18N2O2S2/c1-16-8-4-7-13-17(14,15)9-10-5-2-3-6-11(10)12/h2-3,5-6,13H,4,7-9,12H2,1H3. The van der Waals surface area contributed by atoms with Crippen LogP contribution in [-0.4, -0.2) is 27.0 Å². The van der Waals surface area contributed by atoms with Crippen molar-refractivity contribution in [1.82, 2.24) is 4.72 Å². The predicted molar refractivity (Wildman–Crippen MR) is 74.5 cm³/mol. The first kappa shape index (κ1) is 14.3. The van der Waals surface area contributed by atoms with Gasteiger partial charge in [-0.1, -0.05) is 18.2 Å². The zero-order valence-corrected chi connectivity index (χ0v) is 11.5. The molecule has 0 spiro atoms. The SMILES string of the molecule is CSCCCNS(=O)(=O)Cc1ccccc1N. The number of nitrogens with two attached hydrogens (primary N) is 1. The van der Waals surface area contributed by atoms with Crippen molar-refractivity contribution in [1.29, 1.82) is 0 Å². The van der Waals surface area contributed by atoms with Crippen molar-refractivity contribution in [2.75, 3.05) is 24.3 Å². The normalized spacial score (nSPS) is 11.6. The molecule has 0 unspecified atom stereocenters. The molecule has 1 rings (SSSR count). The summed E-state index contributed by atoms with van der Waals surface area (Å²) in [5, 5.41) is 0. The van der Waals surface area contributed by atoms with Crippen LogP contribution in [0.4, 0.5) is 5.69 Å². The average molecular weight is 274 g/mol. The molecule has 17 heavy (non-hydrogen) atoms. The number of nitrogens with one attached hydrogen (secondary N) is 1. The molecular formula is C11H18N2O2S2. The first-order valence-corrected chi connectivity index (χ1v) is 8.39. The Balaban J connectivity index is 2.52. The predicted octanol–water partition coefficient (Wildman–Crippen LogP) is 1.44. The fraction of sp³-hybridized carbons (Fsp3) is 0.455. The van der Waals surface area contributed by atoms with Crippen molar-refractivity contribution in [3.05, 3.63) is 29.8 Å². The Hall–Kier alpha value is -0.720. The minimum absolute atomic E-state index is 0.0566. The van der Waals surface area contributed by atoms with E-state index in [9.17, 15) is 8.42 Å². The van der Waals surface area contributed by atoms with Gasteiger partial charge in [0.15, 0.2) is 0 Å². The molecule has 6 heteroatoms. The summed E-state index contributed by atoms with van der Waals surface area (Å²) in [6.07, 6.45) is 2.84. The summed E-state index contributed by atoms with van der Waals surface area (Å²) >= 11 is 1.70. The second-order valence-electron chi connectivity index (χ2n) is 3.70. The summed E-state index contributed by atoms with van der Waals surface area (Å²) in [6.45, 7) is 0.482. The monoisotopic (exact) mass is 274 g/mol. The zero-order chi connectivity index (χ0) is 12.7. The van der Waals surface area contributed by atoms with E-state index in [4.69, 9.17) is 5.73 Å². The number of thioether (sulfide) groups is 1. The largest absolute Gasteiger partial charge is 0.398 e. The van der Waals surface area contributed by atoms with Gasteiger partial charge in [-0.2, -0.15) is 11.8 Å². The van der Waals surface area contributed by atoms with Crippen LogP contribution in [0.1, 0.15) is 12.0 Å². The molecule has 4 nitrogen and oxygen atoms in total. The maximum Gasteiger partial charge on any atom is 0.215 e. The molecule has 0 saturated carbocycles. The Labute approximate surface area is 107 Å². The molecule has 0 fully saturated rings. The van der Waals surface area contributed by atoms with Crippen molar-refractivity contribution in [2.45, 2.75) is 12.2 Å². The third-order valence-corrected chi connectivity index (χ3v) is 4.28. The van der Waals surface area contributed by atoms with Crippen LogP contribution in [0, 0.1) is 0 Å². The quantitative estimate of drug-likeness (QED) is 0.583. The highest BCUT2D eigenvalue weighted by Gasteiger charge is 2.12. The average Bonchev–Trinajstić information content (AvgIpc) is 2.28. The molecule has 0 amide bonds. The maximum absolute atomic E-state index is 11.7. The van der Waals surface area contributed by atoms with Crippen LogP contribution < -0.4 is 10.5 Å². The van der Waals surface area contributed by atoms with Gasteiger partial charge in [0, 0.05) is 12.2 Å². The fourth-order valence-electron chi connectivity index (χ4n) is 1.37. The molecule has 96 valence electrons. The summed E-state index contributed by atoms with van der Waals surface area (Å²) < 4.78 is 26.1. The van der Waals surface area contributed by atoms with E-state index in [1.165, 1.54) is 0 Å². The number of para-hydroxylation sites is 1. The van der Waals surface area contributed by atoms with E-state index in [0.717, 1.165) is 12.2 Å². The Morgan fingerprint density at radius 1 is 1.35 bits per heavy atom. The number of anilines is 1. The maximum atomic E-state index is 11.7. The highest BCUT2D eigenvalue weighted by molar-refractivity contribution is 7.98. The Kier molecular flexibility index (Phi) is 5.80. The third-order valence-electron chi connectivity index (χ3n) is 2.25. The smallest absolute Gasteiger partial charge is 0.215 e. The molecule has 0 atom stereocenters. The van der Waals surface area contributed by atoms with Gasteiger partial charge in [0.2, 0.25) is 10.0 Å². The molecule has 1 aromatic carbocycles. The van der Waals surface area contributed by atoms with E-state index in [0.29, 0.717) is 17.8 Å². The van der Waals surface area contributed by atoms with Crippen LogP contribution in [0.2, 0.25) is 0 Å². The summed E-state index contributed by atoms with van der Waals surface area (Å²) in [7, 11) is -3.28. The highest BCUT2D eigenvalue weighted by atomic mass is 32.2. The van der Waals surface area contributed by atoms with Crippen molar-refractivity contribution in [2.24, 2.45) is 0 Å². The van der Waals surface area contributed by atoms with E-state index in [1.54, 1.807) is 36.0 Å². The summed E-state index contributed by atoms with van der Waals surface area (Å²) in [4.78, 5) is 0. The molecule has 0 aromatic heterocycles. The van der Waals surface area contributed by atoms with Gasteiger partial charge in [-0.25, -0.2) is 13.1 Å². The molecule has 0 aliphatic carbocycles. The lowest BCUT2D eigenvalue weighted by Crippen LogP contribution is -2.26. The number of rotatable bonds is 7. The molecule has 0 aliphatic rings. The second-order valence-corrected chi connectivity index (χ2v) is 6.49. The lowest BCUT2D eigenvalue weighted by atomic mass is 10.2. The van der Waals surface area contributed by atoms with E-state index >= 15 is 0 Å². The molecule has 0 aliphatic heterocycles. The van der Waals surface area contributed by atoms with E-state index in [1.807, 2.05) is 6.26 Å². The highest BCUT2D eigenvalue weighted by Crippen LogP contribution is 2.13. The topological polar surface area (TPSA) is 72.2 Å². The van der Waals surface area contributed by atoms with Crippen molar-refractivity contribution in [3.63, 3.8) is 0 Å². The molecule has 0 saturated heterocycles. The van der Waals surface area contributed by atoms with Gasteiger partial charge in [0.25, 0.3) is 0 Å². The third kappa shape index (κ3) is 5.43. The van der Waals surface area contributed by atoms with Crippen molar-refractivity contribution < 1.29 is 8.42 Å². The first-order valence-electron chi connectivity index (χ1n) is 5.35. The number of hydrogen-bond donors (Lipinski definition) is 2. The number of nitrogen functional groups attached to an aromatic ring is 1. The number of benzene rings is 1. The second kappa shape index (κ2) is 6.88. The van der Waals surface area contributed by atoms with Crippen LogP contribution in [0.3, 0.4) is 0 Å². The van der Waals surface area contributed by atoms with Crippen LogP contribution in [0.25, 0.3) is 0 Å². The lowest BCUT2D eigenvalue weighted by molar-refractivity contribution is 0.580. The number of hydrogen-bond acceptors (Lipinski definition) is 4. The minimum Gasteiger partial charge on any atom is -0.398 e. The van der Waals surface area contributed by atoms with Crippen molar-refractivity contribution in [3.8, 4) is 0 Å². The Morgan fingerprint density at radius 2 is 2.06 bits per heavy atom. The first-order chi connectivity index (χ1) is 8.05. The van der Waals surface area contributed by atoms with Gasteiger partial charge >= 0.3 is 0 Å². The van der Waals surface area contributed by atoms with Crippen molar-refractivity contribution >= 4 is 27.5 Å².